The zero-order chi connectivity index (χ0) is 11.7. The Hall–Kier alpha value is -1.88. The van der Waals surface area contributed by atoms with E-state index in [1.165, 1.54) is 4.68 Å². The average molecular weight is 220 g/mol. The Labute approximate surface area is 91.9 Å². The van der Waals surface area contributed by atoms with Crippen LogP contribution >= 0.6 is 0 Å². The molecule has 0 unspecified atom stereocenters. The molecule has 1 atom stereocenters. The number of nitrogens with zero attached hydrogens (tertiary/aromatic N) is 2. The third-order valence-corrected chi connectivity index (χ3v) is 2.47. The molecular formula is C11H12N2O3. The Bertz CT molecular complexity index is 533. The van der Waals surface area contributed by atoms with Crippen molar-refractivity contribution in [1.29, 1.82) is 0 Å². The number of fused-ring (bicyclic) bond motifs is 1. The van der Waals surface area contributed by atoms with Crippen LogP contribution in [0.25, 0.3) is 10.9 Å². The average Bonchev–Trinajstić information content (AvgIpc) is 2.52. The van der Waals surface area contributed by atoms with Crippen LogP contribution in [0.3, 0.4) is 0 Å². The van der Waals surface area contributed by atoms with Gasteiger partial charge in [0.15, 0.2) is 0 Å². The van der Waals surface area contributed by atoms with Gasteiger partial charge in [0.2, 0.25) is 0 Å². The van der Waals surface area contributed by atoms with Gasteiger partial charge in [0.05, 0.1) is 17.6 Å². The van der Waals surface area contributed by atoms with Crippen molar-refractivity contribution >= 4 is 16.9 Å². The second-order valence-corrected chi connectivity index (χ2v) is 3.64. The fraction of sp³-hybridized carbons (Fsp3) is 0.273. The molecule has 0 spiro atoms. The molecule has 0 aliphatic heterocycles. The van der Waals surface area contributed by atoms with Gasteiger partial charge in [-0.15, -0.1) is 0 Å². The number of aliphatic hydroxyl groups is 1. The number of hydrogen-bond donors (Lipinski definition) is 2. The minimum Gasteiger partial charge on any atom is -0.481 e. The molecule has 2 aromatic rings. The Balaban J connectivity index is 2.50. The molecule has 0 amide bonds. The first-order valence-electron chi connectivity index (χ1n) is 4.91. The van der Waals surface area contributed by atoms with E-state index in [1.807, 2.05) is 24.3 Å². The zero-order valence-corrected chi connectivity index (χ0v) is 8.79. The van der Waals surface area contributed by atoms with E-state index in [4.69, 9.17) is 5.11 Å². The Morgan fingerprint density at radius 3 is 2.88 bits per heavy atom. The highest BCUT2D eigenvalue weighted by Gasteiger charge is 2.19. The van der Waals surface area contributed by atoms with E-state index in [0.29, 0.717) is 5.69 Å². The molecule has 0 saturated carbocycles. The van der Waals surface area contributed by atoms with Gasteiger partial charge in [-0.2, -0.15) is 5.10 Å². The maximum absolute atomic E-state index is 10.6. The summed E-state index contributed by atoms with van der Waals surface area (Å²) in [4.78, 5) is 10.6. The van der Waals surface area contributed by atoms with Crippen molar-refractivity contribution in [3.05, 3.63) is 30.0 Å². The summed E-state index contributed by atoms with van der Waals surface area (Å²) < 4.78 is 1.53. The topological polar surface area (TPSA) is 75.3 Å². The highest BCUT2D eigenvalue weighted by molar-refractivity contribution is 5.82. The third-order valence-electron chi connectivity index (χ3n) is 2.47. The van der Waals surface area contributed by atoms with Crippen molar-refractivity contribution in [2.45, 2.75) is 12.5 Å². The van der Waals surface area contributed by atoms with Crippen LogP contribution in [0.4, 0.5) is 0 Å². The number of carbonyl (C=O) groups is 1. The first-order chi connectivity index (χ1) is 7.59. The van der Waals surface area contributed by atoms with Gasteiger partial charge in [-0.05, 0) is 6.07 Å². The number of aromatic nitrogens is 2. The van der Waals surface area contributed by atoms with E-state index in [1.54, 1.807) is 7.05 Å². The quantitative estimate of drug-likeness (QED) is 0.811. The first-order valence-corrected chi connectivity index (χ1v) is 4.91. The number of benzene rings is 1. The number of aryl methyl sites for hydroxylation is 1. The van der Waals surface area contributed by atoms with Crippen molar-refractivity contribution in [3.63, 3.8) is 0 Å². The second kappa shape index (κ2) is 3.94. The summed E-state index contributed by atoms with van der Waals surface area (Å²) >= 11 is 0. The SMILES string of the molecule is Cn1nc2ccccc2c1[C@@H](O)CC(=O)O. The number of rotatable bonds is 3. The molecule has 84 valence electrons. The summed E-state index contributed by atoms with van der Waals surface area (Å²) in [5.41, 5.74) is 1.29. The molecule has 0 radical (unpaired) electrons. The maximum Gasteiger partial charge on any atom is 0.306 e. The molecule has 1 heterocycles. The molecule has 16 heavy (non-hydrogen) atoms. The normalized spacial score (nSPS) is 12.9. The third kappa shape index (κ3) is 1.77. The second-order valence-electron chi connectivity index (χ2n) is 3.64. The van der Waals surface area contributed by atoms with Crippen molar-refractivity contribution in [2.75, 3.05) is 0 Å². The van der Waals surface area contributed by atoms with Crippen LogP contribution < -0.4 is 0 Å². The summed E-state index contributed by atoms with van der Waals surface area (Å²) in [6.45, 7) is 0. The standard InChI is InChI=1S/C11H12N2O3/c1-13-11(9(14)6-10(15)16)7-4-2-3-5-8(7)12-13/h2-5,9,14H,6H2,1H3,(H,15,16)/t9-/m0/s1. The lowest BCUT2D eigenvalue weighted by atomic mass is 10.1. The largest absolute Gasteiger partial charge is 0.481 e. The Morgan fingerprint density at radius 1 is 1.50 bits per heavy atom. The number of hydrogen-bond acceptors (Lipinski definition) is 3. The van der Waals surface area contributed by atoms with Crippen molar-refractivity contribution in [1.82, 2.24) is 9.78 Å². The van der Waals surface area contributed by atoms with Crippen LogP contribution in [0.15, 0.2) is 24.3 Å². The van der Waals surface area contributed by atoms with Gasteiger partial charge >= 0.3 is 5.97 Å². The van der Waals surface area contributed by atoms with Crippen molar-refractivity contribution in [2.24, 2.45) is 7.05 Å². The molecule has 2 N–H and O–H groups in total. The minimum atomic E-state index is -1.03. The van der Waals surface area contributed by atoms with Crippen molar-refractivity contribution in [3.8, 4) is 0 Å². The lowest BCUT2D eigenvalue weighted by Gasteiger charge is -2.08. The van der Waals surface area contributed by atoms with Crippen molar-refractivity contribution < 1.29 is 15.0 Å². The monoisotopic (exact) mass is 220 g/mol. The zero-order valence-electron chi connectivity index (χ0n) is 8.79. The van der Waals surface area contributed by atoms with Crippen LogP contribution in [0.1, 0.15) is 18.2 Å². The molecular weight excluding hydrogens is 208 g/mol. The number of aliphatic carboxylic acids is 1. The number of carboxylic acid groups (broad SMARTS) is 1. The summed E-state index contributed by atoms with van der Waals surface area (Å²) in [5.74, 6) is -1.03. The Kier molecular flexibility index (Phi) is 2.62. The van der Waals surface area contributed by atoms with E-state index >= 15 is 0 Å². The predicted octanol–water partition coefficient (Wildman–Crippen LogP) is 1.08. The van der Waals surface area contributed by atoms with Crippen LogP contribution in [0.5, 0.6) is 0 Å². The number of carboxylic acids is 1. The Morgan fingerprint density at radius 2 is 2.19 bits per heavy atom. The predicted molar refractivity (Wildman–Crippen MR) is 57.9 cm³/mol. The molecule has 5 nitrogen and oxygen atoms in total. The molecule has 0 bridgehead atoms. The van der Waals surface area contributed by atoms with Gasteiger partial charge in [-0.3, -0.25) is 9.48 Å². The van der Waals surface area contributed by atoms with Gasteiger partial charge in [0, 0.05) is 12.4 Å². The van der Waals surface area contributed by atoms with Crippen LogP contribution in [0.2, 0.25) is 0 Å². The van der Waals surface area contributed by atoms with Crippen LogP contribution in [0, 0.1) is 0 Å². The summed E-state index contributed by atoms with van der Waals surface area (Å²) in [5, 5.41) is 23.5. The van der Waals surface area contributed by atoms with E-state index < -0.39 is 12.1 Å². The molecule has 0 saturated heterocycles. The van der Waals surface area contributed by atoms with E-state index in [9.17, 15) is 9.90 Å². The van der Waals surface area contributed by atoms with E-state index in [0.717, 1.165) is 10.9 Å². The maximum atomic E-state index is 10.6. The molecule has 5 heteroatoms. The van der Waals surface area contributed by atoms with Gasteiger partial charge in [0.1, 0.15) is 6.10 Å². The molecule has 2 rings (SSSR count). The summed E-state index contributed by atoms with van der Waals surface area (Å²) in [7, 11) is 1.69. The first kappa shape index (κ1) is 10.6. The van der Waals surface area contributed by atoms with Gasteiger partial charge in [0.25, 0.3) is 0 Å². The molecule has 0 aliphatic rings. The smallest absolute Gasteiger partial charge is 0.306 e. The minimum absolute atomic E-state index is 0.316. The molecule has 0 fully saturated rings. The molecule has 1 aromatic carbocycles. The van der Waals surface area contributed by atoms with Crippen LogP contribution in [-0.2, 0) is 11.8 Å². The molecule has 0 aliphatic carbocycles. The lowest BCUT2D eigenvalue weighted by molar-refractivity contribution is -0.139. The molecule has 1 aromatic heterocycles. The summed E-state index contributed by atoms with van der Waals surface area (Å²) in [6, 6.07) is 7.33. The lowest BCUT2D eigenvalue weighted by Crippen LogP contribution is -2.10. The van der Waals surface area contributed by atoms with E-state index in [-0.39, 0.29) is 6.42 Å². The van der Waals surface area contributed by atoms with Gasteiger partial charge in [-0.25, -0.2) is 0 Å². The van der Waals surface area contributed by atoms with Gasteiger partial charge in [-0.1, -0.05) is 18.2 Å². The van der Waals surface area contributed by atoms with Gasteiger partial charge < -0.3 is 10.2 Å². The number of aliphatic hydroxyl groups excluding tert-OH is 1. The van der Waals surface area contributed by atoms with E-state index in [2.05, 4.69) is 5.10 Å². The summed E-state index contributed by atoms with van der Waals surface area (Å²) in [6.07, 6.45) is -1.35. The fourth-order valence-corrected chi connectivity index (χ4v) is 1.82. The fourth-order valence-electron chi connectivity index (χ4n) is 1.82. The highest BCUT2D eigenvalue weighted by Crippen LogP contribution is 2.25. The van der Waals surface area contributed by atoms with Crippen LogP contribution in [-0.4, -0.2) is 26.0 Å². The highest BCUT2D eigenvalue weighted by atomic mass is 16.4.